The molecule has 1 rings (SSSR count). The molecule has 1 aliphatic heterocycles. The van der Waals surface area contributed by atoms with Crippen molar-refractivity contribution < 1.29 is 4.79 Å². The van der Waals surface area contributed by atoms with Crippen molar-refractivity contribution in [2.24, 2.45) is 11.8 Å². The maximum atomic E-state index is 11.9. The number of likely N-dealkylation sites (tertiary alicyclic amines) is 1. The van der Waals surface area contributed by atoms with Crippen molar-refractivity contribution >= 4 is 18.3 Å². The Morgan fingerprint density at radius 3 is 2.44 bits per heavy atom. The predicted octanol–water partition coefficient (Wildman–Crippen LogP) is 1.91. The molecule has 96 valence electrons. The average molecular weight is 249 g/mol. The van der Waals surface area contributed by atoms with Crippen molar-refractivity contribution in [3.63, 3.8) is 0 Å². The van der Waals surface area contributed by atoms with Gasteiger partial charge in [0.1, 0.15) is 0 Å². The molecule has 0 aliphatic carbocycles. The number of carbonyl (C=O) groups excluding carboxylic acids is 1. The molecule has 0 bridgehead atoms. The standard InChI is InChI=1S/C12H24N2O.ClH/c1-4-10(2)12(15)14-7-5-11(6-8-14)9-13-3;/h10-11,13H,4-9H2,1-3H3;1H. The molecule has 0 aromatic heterocycles. The van der Waals surface area contributed by atoms with Crippen LogP contribution in [0.2, 0.25) is 0 Å². The second-order valence-electron chi connectivity index (χ2n) is 4.64. The molecule has 1 aliphatic rings. The van der Waals surface area contributed by atoms with E-state index in [9.17, 15) is 4.79 Å². The second kappa shape index (κ2) is 7.91. The normalized spacial score (nSPS) is 19.1. The highest BCUT2D eigenvalue weighted by Crippen LogP contribution is 2.18. The van der Waals surface area contributed by atoms with E-state index >= 15 is 0 Å². The van der Waals surface area contributed by atoms with Crippen LogP contribution in [0.5, 0.6) is 0 Å². The Hall–Kier alpha value is -0.280. The fraction of sp³-hybridized carbons (Fsp3) is 0.917. The Bertz CT molecular complexity index is 203. The van der Waals surface area contributed by atoms with Crippen molar-refractivity contribution in [2.45, 2.75) is 33.1 Å². The lowest BCUT2D eigenvalue weighted by Crippen LogP contribution is -2.42. The SMILES string of the molecule is CCC(C)C(=O)N1CCC(CNC)CC1.Cl. The van der Waals surface area contributed by atoms with Gasteiger partial charge < -0.3 is 10.2 Å². The maximum Gasteiger partial charge on any atom is 0.225 e. The first-order valence-electron chi connectivity index (χ1n) is 6.12. The van der Waals surface area contributed by atoms with Crippen molar-refractivity contribution in [3.05, 3.63) is 0 Å². The molecular formula is C12H25ClN2O. The zero-order valence-electron chi connectivity index (χ0n) is 10.7. The monoisotopic (exact) mass is 248 g/mol. The van der Waals surface area contributed by atoms with Crippen LogP contribution in [0.4, 0.5) is 0 Å². The van der Waals surface area contributed by atoms with Gasteiger partial charge in [0.2, 0.25) is 5.91 Å². The highest BCUT2D eigenvalue weighted by atomic mass is 35.5. The van der Waals surface area contributed by atoms with Crippen molar-refractivity contribution in [1.29, 1.82) is 0 Å². The summed E-state index contributed by atoms with van der Waals surface area (Å²) >= 11 is 0. The van der Waals surface area contributed by atoms with Crippen LogP contribution >= 0.6 is 12.4 Å². The molecule has 1 saturated heterocycles. The summed E-state index contributed by atoms with van der Waals surface area (Å²) in [6.45, 7) is 7.11. The largest absolute Gasteiger partial charge is 0.342 e. The van der Waals surface area contributed by atoms with E-state index in [2.05, 4.69) is 12.2 Å². The molecule has 0 saturated carbocycles. The van der Waals surface area contributed by atoms with Gasteiger partial charge in [-0.3, -0.25) is 4.79 Å². The van der Waals surface area contributed by atoms with Gasteiger partial charge >= 0.3 is 0 Å². The predicted molar refractivity (Wildman–Crippen MR) is 69.9 cm³/mol. The van der Waals surface area contributed by atoms with Gasteiger partial charge in [0.15, 0.2) is 0 Å². The third-order valence-corrected chi connectivity index (χ3v) is 3.45. The fourth-order valence-corrected chi connectivity index (χ4v) is 2.13. The van der Waals surface area contributed by atoms with Gasteiger partial charge in [-0.15, -0.1) is 12.4 Å². The topological polar surface area (TPSA) is 32.3 Å². The molecule has 3 nitrogen and oxygen atoms in total. The number of hydrogen-bond donors (Lipinski definition) is 1. The van der Waals surface area contributed by atoms with Gasteiger partial charge in [-0.05, 0) is 38.8 Å². The summed E-state index contributed by atoms with van der Waals surface area (Å²) in [6.07, 6.45) is 3.27. The quantitative estimate of drug-likeness (QED) is 0.825. The summed E-state index contributed by atoms with van der Waals surface area (Å²) < 4.78 is 0. The first-order chi connectivity index (χ1) is 7.19. The molecule has 0 radical (unpaired) electrons. The number of halogens is 1. The number of amides is 1. The molecule has 1 heterocycles. The Labute approximate surface area is 105 Å². The molecule has 0 aromatic rings. The van der Waals surface area contributed by atoms with E-state index < -0.39 is 0 Å². The smallest absolute Gasteiger partial charge is 0.225 e. The summed E-state index contributed by atoms with van der Waals surface area (Å²) in [5.74, 6) is 1.31. The van der Waals surface area contributed by atoms with Gasteiger partial charge in [0, 0.05) is 19.0 Å². The Morgan fingerprint density at radius 2 is 2.00 bits per heavy atom. The number of carbonyl (C=O) groups is 1. The highest BCUT2D eigenvalue weighted by molar-refractivity contribution is 5.85. The van der Waals surface area contributed by atoms with Crippen LogP contribution in [0.15, 0.2) is 0 Å². The van der Waals surface area contributed by atoms with Crippen molar-refractivity contribution in [2.75, 3.05) is 26.7 Å². The molecule has 4 heteroatoms. The van der Waals surface area contributed by atoms with Crippen LogP contribution in [0.1, 0.15) is 33.1 Å². The van der Waals surface area contributed by atoms with Crippen molar-refractivity contribution in [3.8, 4) is 0 Å². The van der Waals surface area contributed by atoms with E-state index in [0.29, 0.717) is 5.91 Å². The van der Waals surface area contributed by atoms with Crippen LogP contribution < -0.4 is 5.32 Å². The van der Waals surface area contributed by atoms with Crippen LogP contribution in [-0.4, -0.2) is 37.5 Å². The third-order valence-electron chi connectivity index (χ3n) is 3.45. The summed E-state index contributed by atoms with van der Waals surface area (Å²) in [4.78, 5) is 13.9. The van der Waals surface area contributed by atoms with Gasteiger partial charge in [-0.25, -0.2) is 0 Å². The van der Waals surface area contributed by atoms with E-state index in [4.69, 9.17) is 0 Å². The molecule has 1 unspecified atom stereocenters. The lowest BCUT2D eigenvalue weighted by molar-refractivity contribution is -0.136. The highest BCUT2D eigenvalue weighted by Gasteiger charge is 2.24. The van der Waals surface area contributed by atoms with Crippen LogP contribution in [0.3, 0.4) is 0 Å². The van der Waals surface area contributed by atoms with E-state index in [0.717, 1.165) is 44.8 Å². The van der Waals surface area contributed by atoms with Crippen LogP contribution in [0.25, 0.3) is 0 Å². The zero-order valence-corrected chi connectivity index (χ0v) is 11.5. The Kier molecular flexibility index (Phi) is 7.77. The summed E-state index contributed by atoms with van der Waals surface area (Å²) in [5, 5.41) is 3.21. The molecule has 1 N–H and O–H groups in total. The molecule has 1 atom stereocenters. The third kappa shape index (κ3) is 4.30. The van der Waals surface area contributed by atoms with Crippen LogP contribution in [-0.2, 0) is 4.79 Å². The molecular weight excluding hydrogens is 224 g/mol. The van der Waals surface area contributed by atoms with Gasteiger partial charge in [0.05, 0.1) is 0 Å². The minimum atomic E-state index is 0. The van der Waals surface area contributed by atoms with Gasteiger partial charge in [0.25, 0.3) is 0 Å². The summed E-state index contributed by atoms with van der Waals surface area (Å²) in [5.41, 5.74) is 0. The number of rotatable bonds is 4. The summed E-state index contributed by atoms with van der Waals surface area (Å²) in [6, 6.07) is 0. The first-order valence-corrected chi connectivity index (χ1v) is 6.12. The maximum absolute atomic E-state index is 11.9. The second-order valence-corrected chi connectivity index (χ2v) is 4.64. The summed E-state index contributed by atoms with van der Waals surface area (Å²) in [7, 11) is 2.00. The number of nitrogens with one attached hydrogen (secondary N) is 1. The Balaban J connectivity index is 0.00000225. The number of nitrogens with zero attached hydrogens (tertiary/aromatic N) is 1. The molecule has 0 aromatic carbocycles. The lowest BCUT2D eigenvalue weighted by atomic mass is 9.95. The number of hydrogen-bond acceptors (Lipinski definition) is 2. The number of piperidine rings is 1. The minimum absolute atomic E-state index is 0. The fourth-order valence-electron chi connectivity index (χ4n) is 2.13. The molecule has 16 heavy (non-hydrogen) atoms. The van der Waals surface area contributed by atoms with E-state index in [1.165, 1.54) is 0 Å². The molecule has 1 fully saturated rings. The van der Waals surface area contributed by atoms with Gasteiger partial charge in [-0.2, -0.15) is 0 Å². The average Bonchev–Trinajstić information content (AvgIpc) is 2.28. The van der Waals surface area contributed by atoms with E-state index in [1.807, 2.05) is 18.9 Å². The first kappa shape index (κ1) is 15.7. The molecule has 0 spiro atoms. The van der Waals surface area contributed by atoms with Crippen LogP contribution in [0, 0.1) is 11.8 Å². The Morgan fingerprint density at radius 1 is 1.44 bits per heavy atom. The van der Waals surface area contributed by atoms with Crippen molar-refractivity contribution in [1.82, 2.24) is 10.2 Å². The lowest BCUT2D eigenvalue weighted by Gasteiger charge is -2.33. The van der Waals surface area contributed by atoms with Gasteiger partial charge in [-0.1, -0.05) is 13.8 Å². The van der Waals surface area contributed by atoms with E-state index in [-0.39, 0.29) is 18.3 Å². The minimum Gasteiger partial charge on any atom is -0.342 e. The van der Waals surface area contributed by atoms with E-state index in [1.54, 1.807) is 0 Å². The zero-order chi connectivity index (χ0) is 11.3. The molecule has 1 amide bonds.